The van der Waals surface area contributed by atoms with Crippen molar-refractivity contribution in [2.24, 2.45) is 10.8 Å². The molecule has 0 spiro atoms. The van der Waals surface area contributed by atoms with Crippen LogP contribution in [-0.4, -0.2) is 49.7 Å². The smallest absolute Gasteiger partial charge is 0.401 e. The quantitative estimate of drug-likeness (QED) is 0.575. The summed E-state index contributed by atoms with van der Waals surface area (Å²) in [5.41, 5.74) is -4.96. The zero-order valence-corrected chi connectivity index (χ0v) is 15.9. The number of carbonyl (C=O) groups is 1. The first-order valence-electron chi connectivity index (χ1n) is 8.51. The van der Waals surface area contributed by atoms with Gasteiger partial charge in [0.05, 0.1) is 24.4 Å². The van der Waals surface area contributed by atoms with Crippen molar-refractivity contribution in [3.8, 4) is 0 Å². The molecule has 3 aliphatic rings. The second kappa shape index (κ2) is 5.81. The van der Waals surface area contributed by atoms with Gasteiger partial charge in [0.15, 0.2) is 0 Å². The van der Waals surface area contributed by atoms with E-state index < -0.39 is 55.5 Å². The van der Waals surface area contributed by atoms with E-state index in [-0.39, 0.29) is 0 Å². The van der Waals surface area contributed by atoms with Gasteiger partial charge < -0.3 is 14.6 Å². The summed E-state index contributed by atoms with van der Waals surface area (Å²) in [6.45, 7) is 9.84. The molecule has 0 aliphatic carbocycles. The van der Waals surface area contributed by atoms with Gasteiger partial charge in [0.25, 0.3) is 0 Å². The highest BCUT2D eigenvalue weighted by Gasteiger charge is 2.88. The Bertz CT molecular complexity index is 681. The van der Waals surface area contributed by atoms with Crippen LogP contribution in [0.2, 0.25) is 25.7 Å². The Labute approximate surface area is 151 Å². The number of ether oxygens (including phenoxy) is 2. The number of aliphatic carboxylic acids is 1. The number of rotatable bonds is 5. The molecule has 3 heterocycles. The Hall–Kier alpha value is -1.38. The third kappa shape index (κ3) is 2.24. The van der Waals surface area contributed by atoms with Crippen LogP contribution in [0.4, 0.5) is 13.2 Å². The Kier molecular flexibility index (Phi) is 4.33. The Balaban J connectivity index is 2.17. The molecule has 0 amide bonds. The van der Waals surface area contributed by atoms with Crippen molar-refractivity contribution in [1.29, 1.82) is 0 Å². The van der Waals surface area contributed by atoms with Gasteiger partial charge in [-0.1, -0.05) is 50.0 Å². The van der Waals surface area contributed by atoms with E-state index in [1.807, 2.05) is 0 Å². The molecule has 8 heteroatoms. The van der Waals surface area contributed by atoms with Gasteiger partial charge in [-0.3, -0.25) is 4.79 Å². The summed E-state index contributed by atoms with van der Waals surface area (Å²) in [6.07, 6.45) is -3.19. The molecule has 0 aromatic carbocycles. The summed E-state index contributed by atoms with van der Waals surface area (Å²) >= 11 is 0. The summed E-state index contributed by atoms with van der Waals surface area (Å²) in [5, 5.41) is 10.0. The molecule has 0 aromatic heterocycles. The average Bonchev–Trinajstić information content (AvgIpc) is 3.13. The van der Waals surface area contributed by atoms with E-state index in [2.05, 4.69) is 26.2 Å². The molecular formula is C18H23F3O4Si. The fourth-order valence-corrected chi connectivity index (χ4v) is 5.41. The molecule has 1 N–H and O–H groups in total. The number of hydrogen-bond acceptors (Lipinski definition) is 3. The van der Waals surface area contributed by atoms with Crippen molar-refractivity contribution in [1.82, 2.24) is 0 Å². The van der Waals surface area contributed by atoms with E-state index in [1.165, 1.54) is 18.2 Å². The maximum absolute atomic E-state index is 14.4. The first-order valence-corrected chi connectivity index (χ1v) is 12.2. The lowest BCUT2D eigenvalue weighted by molar-refractivity contribution is -0.263. The van der Waals surface area contributed by atoms with Crippen LogP contribution < -0.4 is 0 Å². The SMILES string of the molecule is C=C[C@H]1O[C@@H](C=CC[Si](C)(C)C)[C@@]2(C(=O)O)C3C=CC(O3)[C@@]12C(F)(F)F. The second-order valence-electron chi connectivity index (χ2n) is 8.31. The number of alkyl halides is 3. The summed E-state index contributed by atoms with van der Waals surface area (Å²) in [7, 11) is -1.49. The van der Waals surface area contributed by atoms with E-state index in [0.29, 0.717) is 6.04 Å². The van der Waals surface area contributed by atoms with E-state index in [0.717, 1.165) is 6.08 Å². The van der Waals surface area contributed by atoms with Crippen LogP contribution in [0.15, 0.2) is 37.0 Å². The maximum atomic E-state index is 14.4. The number of halogens is 3. The molecule has 4 nitrogen and oxygen atoms in total. The highest BCUT2D eigenvalue weighted by molar-refractivity contribution is 6.76. The Morgan fingerprint density at radius 3 is 2.35 bits per heavy atom. The van der Waals surface area contributed by atoms with Crippen molar-refractivity contribution in [3.63, 3.8) is 0 Å². The molecular weight excluding hydrogens is 365 g/mol. The minimum atomic E-state index is -4.84. The molecule has 26 heavy (non-hydrogen) atoms. The number of allylic oxidation sites excluding steroid dienone is 1. The minimum absolute atomic E-state index is 0.713. The van der Waals surface area contributed by atoms with Gasteiger partial charge >= 0.3 is 12.1 Å². The average molecular weight is 388 g/mol. The molecule has 2 saturated heterocycles. The standard InChI is InChI=1S/C18H23F3O4Si/c1-5-11-17(18(19,20)21)14-9-8-13(25-14)16(17,15(22)23)12(24-11)7-6-10-26(2,3)4/h5-9,11-14H,1,10H2,2-4H3,(H,22,23)/t11-,12+,13?,14?,16+,17+/m1/s1. The summed E-state index contributed by atoms with van der Waals surface area (Å²) < 4.78 is 54.2. The van der Waals surface area contributed by atoms with E-state index in [1.54, 1.807) is 6.08 Å². The largest absolute Gasteiger partial charge is 0.481 e. The van der Waals surface area contributed by atoms with Gasteiger partial charge in [0, 0.05) is 8.07 Å². The Morgan fingerprint density at radius 2 is 1.85 bits per heavy atom. The zero-order chi connectivity index (χ0) is 19.5. The van der Waals surface area contributed by atoms with Crippen LogP contribution in [0, 0.1) is 10.8 Å². The predicted octanol–water partition coefficient (Wildman–Crippen LogP) is 3.79. The van der Waals surface area contributed by atoms with Crippen molar-refractivity contribution in [2.45, 2.75) is 56.3 Å². The topological polar surface area (TPSA) is 55.8 Å². The fraction of sp³-hybridized carbons (Fsp3) is 0.611. The Morgan fingerprint density at radius 1 is 1.23 bits per heavy atom. The zero-order valence-electron chi connectivity index (χ0n) is 14.9. The molecule has 2 unspecified atom stereocenters. The lowest BCUT2D eigenvalue weighted by atomic mass is 9.54. The second-order valence-corrected chi connectivity index (χ2v) is 13.8. The normalized spacial score (nSPS) is 41.8. The van der Waals surface area contributed by atoms with Crippen LogP contribution in [-0.2, 0) is 14.3 Å². The molecule has 3 rings (SSSR count). The molecule has 0 radical (unpaired) electrons. The number of carboxylic acids is 1. The number of fused-ring (bicyclic) bond motifs is 5. The van der Waals surface area contributed by atoms with E-state index in [4.69, 9.17) is 9.47 Å². The van der Waals surface area contributed by atoms with E-state index >= 15 is 0 Å². The van der Waals surface area contributed by atoms with Gasteiger partial charge in [0.2, 0.25) is 0 Å². The first-order chi connectivity index (χ1) is 11.9. The lowest BCUT2D eigenvalue weighted by Crippen LogP contribution is -2.64. The van der Waals surface area contributed by atoms with Gasteiger partial charge in [-0.25, -0.2) is 0 Å². The van der Waals surface area contributed by atoms with Crippen molar-refractivity contribution in [3.05, 3.63) is 37.0 Å². The van der Waals surface area contributed by atoms with Gasteiger partial charge in [0.1, 0.15) is 10.8 Å². The van der Waals surface area contributed by atoms with Gasteiger partial charge in [-0.15, -0.1) is 6.58 Å². The first kappa shape index (κ1) is 19.4. The van der Waals surface area contributed by atoms with Crippen LogP contribution in [0.5, 0.6) is 0 Å². The molecule has 3 aliphatic heterocycles. The third-order valence-corrected chi connectivity index (χ3v) is 7.07. The molecule has 2 bridgehead atoms. The summed E-state index contributed by atoms with van der Waals surface area (Å²) in [4.78, 5) is 12.3. The van der Waals surface area contributed by atoms with Crippen LogP contribution in [0.1, 0.15) is 0 Å². The molecule has 0 saturated carbocycles. The number of carboxylic acid groups (broad SMARTS) is 1. The summed E-state index contributed by atoms with van der Waals surface area (Å²) in [5.74, 6) is -1.56. The van der Waals surface area contributed by atoms with Crippen molar-refractivity contribution in [2.75, 3.05) is 0 Å². The van der Waals surface area contributed by atoms with Gasteiger partial charge in [-0.05, 0) is 6.04 Å². The maximum Gasteiger partial charge on any atom is 0.401 e. The molecule has 144 valence electrons. The van der Waals surface area contributed by atoms with Crippen molar-refractivity contribution < 1.29 is 32.5 Å². The number of hydrogen-bond donors (Lipinski definition) is 1. The molecule has 6 atom stereocenters. The van der Waals surface area contributed by atoms with Crippen LogP contribution >= 0.6 is 0 Å². The van der Waals surface area contributed by atoms with Crippen molar-refractivity contribution >= 4 is 14.0 Å². The highest BCUT2D eigenvalue weighted by Crippen LogP contribution is 2.71. The fourth-order valence-electron chi connectivity index (χ4n) is 4.57. The predicted molar refractivity (Wildman–Crippen MR) is 92.5 cm³/mol. The van der Waals surface area contributed by atoms with Gasteiger partial charge in [-0.2, -0.15) is 13.2 Å². The van der Waals surface area contributed by atoms with Crippen LogP contribution in [0.3, 0.4) is 0 Å². The van der Waals surface area contributed by atoms with E-state index in [9.17, 15) is 23.1 Å². The molecule has 0 aromatic rings. The lowest BCUT2D eigenvalue weighted by Gasteiger charge is -2.44. The third-order valence-electron chi connectivity index (χ3n) is 5.60. The highest BCUT2D eigenvalue weighted by atomic mass is 28.3. The monoisotopic (exact) mass is 388 g/mol. The van der Waals surface area contributed by atoms with Crippen LogP contribution in [0.25, 0.3) is 0 Å². The minimum Gasteiger partial charge on any atom is -0.481 e. The molecule has 2 fully saturated rings. The summed E-state index contributed by atoms with van der Waals surface area (Å²) in [6, 6.07) is 0.713.